The van der Waals surface area contributed by atoms with Gasteiger partial charge in [-0.25, -0.2) is 9.97 Å². The molecule has 9 heteroatoms. The summed E-state index contributed by atoms with van der Waals surface area (Å²) in [7, 11) is 1.64. The first-order chi connectivity index (χ1) is 15.9. The lowest BCUT2D eigenvalue weighted by molar-refractivity contribution is -0.152. The molecule has 0 atom stereocenters. The van der Waals surface area contributed by atoms with Gasteiger partial charge in [0.2, 0.25) is 0 Å². The van der Waals surface area contributed by atoms with Gasteiger partial charge in [-0.1, -0.05) is 0 Å². The van der Waals surface area contributed by atoms with E-state index in [1.807, 2.05) is 36.4 Å². The molecule has 1 aromatic carbocycles. The zero-order valence-corrected chi connectivity index (χ0v) is 19.1. The van der Waals surface area contributed by atoms with E-state index in [4.69, 9.17) is 9.47 Å². The first-order valence-electron chi connectivity index (χ1n) is 11.0. The molecule has 1 aliphatic heterocycles. The minimum absolute atomic E-state index is 0.0729. The van der Waals surface area contributed by atoms with Gasteiger partial charge in [-0.05, 0) is 63.1 Å². The summed E-state index contributed by atoms with van der Waals surface area (Å²) in [6, 6.07) is 11.6. The fourth-order valence-electron chi connectivity index (χ4n) is 3.61. The molecule has 4 rings (SSSR count). The number of pyridine rings is 1. The molecule has 33 heavy (non-hydrogen) atoms. The number of rotatable bonds is 8. The molecule has 3 heterocycles. The van der Waals surface area contributed by atoms with Crippen LogP contribution in [0.2, 0.25) is 0 Å². The van der Waals surface area contributed by atoms with Gasteiger partial charge in [0.05, 0.1) is 25.2 Å². The summed E-state index contributed by atoms with van der Waals surface area (Å²) in [6.07, 6.45) is 3.54. The number of carboxylic acid groups (broad SMARTS) is 1. The zero-order valence-electron chi connectivity index (χ0n) is 19.1. The number of hydrogen-bond donors (Lipinski definition) is 2. The third-order valence-corrected chi connectivity index (χ3v) is 5.88. The number of benzene rings is 1. The highest BCUT2D eigenvalue weighted by atomic mass is 16.5. The summed E-state index contributed by atoms with van der Waals surface area (Å²) in [4.78, 5) is 22.7. The number of nitrogens with one attached hydrogen (secondary N) is 1. The molecule has 2 N–H and O–H groups in total. The Morgan fingerprint density at radius 1 is 1.15 bits per heavy atom. The average molecular weight is 452 g/mol. The number of aromatic nitrogens is 4. The van der Waals surface area contributed by atoms with Crippen LogP contribution in [0.4, 0.5) is 5.82 Å². The summed E-state index contributed by atoms with van der Waals surface area (Å²) < 4.78 is 11.1. The molecule has 0 saturated carbocycles. The Labute approximate surface area is 192 Å². The van der Waals surface area contributed by atoms with Crippen LogP contribution >= 0.6 is 0 Å². The summed E-state index contributed by atoms with van der Waals surface area (Å²) >= 11 is 0. The summed E-state index contributed by atoms with van der Waals surface area (Å²) in [5.41, 5.74) is 0.891. The van der Waals surface area contributed by atoms with Crippen molar-refractivity contribution in [1.82, 2.24) is 20.2 Å². The Balaban J connectivity index is 1.34. The van der Waals surface area contributed by atoms with Crippen LogP contribution in [0.5, 0.6) is 5.75 Å². The molecule has 0 spiro atoms. The third kappa shape index (κ3) is 5.31. The van der Waals surface area contributed by atoms with Crippen molar-refractivity contribution in [3.8, 4) is 28.5 Å². The Kier molecular flexibility index (Phi) is 6.60. The number of aromatic amines is 1. The van der Waals surface area contributed by atoms with E-state index >= 15 is 0 Å². The van der Waals surface area contributed by atoms with E-state index in [-0.39, 0.29) is 12.7 Å². The van der Waals surface area contributed by atoms with E-state index in [0.29, 0.717) is 11.6 Å². The highest BCUT2D eigenvalue weighted by Gasteiger charge is 2.30. The van der Waals surface area contributed by atoms with Crippen molar-refractivity contribution < 1.29 is 19.4 Å². The van der Waals surface area contributed by atoms with Crippen molar-refractivity contribution in [2.24, 2.45) is 5.41 Å². The number of carboxylic acids is 1. The van der Waals surface area contributed by atoms with Crippen LogP contribution in [0.1, 0.15) is 26.7 Å². The molecular weight excluding hydrogens is 422 g/mol. The van der Waals surface area contributed by atoms with Crippen LogP contribution in [0.25, 0.3) is 22.8 Å². The quantitative estimate of drug-likeness (QED) is 0.534. The molecule has 1 saturated heterocycles. The number of nitrogens with zero attached hydrogens (tertiary/aromatic N) is 4. The third-order valence-electron chi connectivity index (χ3n) is 5.88. The highest BCUT2D eigenvalue weighted by Crippen LogP contribution is 2.25. The Bertz CT molecular complexity index is 1070. The van der Waals surface area contributed by atoms with Gasteiger partial charge in [0.15, 0.2) is 11.6 Å². The molecule has 9 nitrogen and oxygen atoms in total. The first kappa shape index (κ1) is 22.7. The van der Waals surface area contributed by atoms with E-state index in [1.54, 1.807) is 27.2 Å². The predicted molar refractivity (Wildman–Crippen MR) is 124 cm³/mol. The molecular formula is C24H29N5O4. The van der Waals surface area contributed by atoms with E-state index in [1.165, 1.54) is 0 Å². The van der Waals surface area contributed by atoms with Crippen LogP contribution in [0.15, 0.2) is 42.6 Å². The second kappa shape index (κ2) is 9.58. The summed E-state index contributed by atoms with van der Waals surface area (Å²) in [5.74, 6) is 2.12. The van der Waals surface area contributed by atoms with E-state index in [9.17, 15) is 9.90 Å². The number of ether oxygens (including phenoxy) is 2. The highest BCUT2D eigenvalue weighted by molar-refractivity contribution is 5.73. The number of H-pyrrole nitrogens is 1. The molecule has 0 amide bonds. The van der Waals surface area contributed by atoms with Gasteiger partial charge in [0.25, 0.3) is 0 Å². The Hall–Kier alpha value is -3.46. The smallest absolute Gasteiger partial charge is 0.311 e. The van der Waals surface area contributed by atoms with Crippen molar-refractivity contribution in [2.45, 2.75) is 32.8 Å². The van der Waals surface area contributed by atoms with Crippen LogP contribution < -0.4 is 9.64 Å². The number of methoxy groups -OCH3 is 1. The summed E-state index contributed by atoms with van der Waals surface area (Å²) in [5, 5.41) is 16.5. The second-order valence-electron chi connectivity index (χ2n) is 8.83. The van der Waals surface area contributed by atoms with E-state index in [0.717, 1.165) is 48.6 Å². The standard InChI is InChI=1S/C24H29N5O4/c1-24(2,23(30)31)15-33-19-10-12-29(13-11-19)20-9-6-17(14-25-20)22-26-21(27-28-22)16-4-7-18(32-3)8-5-16/h4-9,14,19H,10-13,15H2,1-3H3,(H,30,31)(H,26,27,28). The van der Waals surface area contributed by atoms with Crippen LogP contribution in [0.3, 0.4) is 0 Å². The topological polar surface area (TPSA) is 113 Å². The van der Waals surface area contributed by atoms with Gasteiger partial charge in [0, 0.05) is 30.4 Å². The Morgan fingerprint density at radius 2 is 1.85 bits per heavy atom. The second-order valence-corrected chi connectivity index (χ2v) is 8.83. The molecule has 174 valence electrons. The Morgan fingerprint density at radius 3 is 2.45 bits per heavy atom. The lowest BCUT2D eigenvalue weighted by Gasteiger charge is -2.34. The zero-order chi connectivity index (χ0) is 23.4. The maximum absolute atomic E-state index is 11.2. The van der Waals surface area contributed by atoms with Crippen LogP contribution in [0, 0.1) is 5.41 Å². The number of piperidine rings is 1. The molecule has 2 aromatic heterocycles. The lowest BCUT2D eigenvalue weighted by atomic mass is 9.95. The predicted octanol–water partition coefficient (Wildman–Crippen LogP) is 3.64. The van der Waals surface area contributed by atoms with Crippen molar-refractivity contribution in [3.63, 3.8) is 0 Å². The monoisotopic (exact) mass is 451 g/mol. The molecule has 0 bridgehead atoms. The fraction of sp³-hybridized carbons (Fsp3) is 0.417. The number of carbonyl (C=O) groups is 1. The van der Waals surface area contributed by atoms with Crippen molar-refractivity contribution in [2.75, 3.05) is 31.7 Å². The van der Waals surface area contributed by atoms with Crippen LogP contribution in [-0.4, -0.2) is 64.2 Å². The van der Waals surface area contributed by atoms with Crippen molar-refractivity contribution in [3.05, 3.63) is 42.6 Å². The van der Waals surface area contributed by atoms with Gasteiger partial charge in [-0.3, -0.25) is 9.89 Å². The first-order valence-corrected chi connectivity index (χ1v) is 11.0. The molecule has 1 aliphatic rings. The van der Waals surface area contributed by atoms with Gasteiger partial charge in [-0.15, -0.1) is 0 Å². The van der Waals surface area contributed by atoms with E-state index < -0.39 is 11.4 Å². The molecule has 0 radical (unpaired) electrons. The lowest BCUT2D eigenvalue weighted by Crippen LogP contribution is -2.39. The van der Waals surface area contributed by atoms with Crippen LogP contribution in [-0.2, 0) is 9.53 Å². The van der Waals surface area contributed by atoms with Gasteiger partial charge in [-0.2, -0.15) is 5.10 Å². The maximum atomic E-state index is 11.2. The maximum Gasteiger partial charge on any atom is 0.311 e. The minimum Gasteiger partial charge on any atom is -0.497 e. The van der Waals surface area contributed by atoms with Crippen molar-refractivity contribution >= 4 is 11.8 Å². The van der Waals surface area contributed by atoms with Gasteiger partial charge < -0.3 is 19.5 Å². The van der Waals surface area contributed by atoms with Crippen molar-refractivity contribution in [1.29, 1.82) is 0 Å². The molecule has 3 aromatic rings. The molecule has 1 fully saturated rings. The summed E-state index contributed by atoms with van der Waals surface area (Å²) in [6.45, 7) is 5.21. The minimum atomic E-state index is -0.873. The number of hydrogen-bond acceptors (Lipinski definition) is 7. The fourth-order valence-corrected chi connectivity index (χ4v) is 3.61. The number of anilines is 1. The molecule has 0 unspecified atom stereocenters. The average Bonchev–Trinajstić information content (AvgIpc) is 3.34. The largest absolute Gasteiger partial charge is 0.497 e. The van der Waals surface area contributed by atoms with Gasteiger partial charge in [0.1, 0.15) is 11.6 Å². The SMILES string of the molecule is COc1ccc(-c2nc(-c3ccc(N4CCC(OCC(C)(C)C(=O)O)CC4)nc3)n[nH]2)cc1. The molecule has 0 aliphatic carbocycles. The van der Waals surface area contributed by atoms with Gasteiger partial charge >= 0.3 is 5.97 Å². The normalized spacial score (nSPS) is 14.9. The number of aliphatic carboxylic acids is 1. The van der Waals surface area contributed by atoms with E-state index in [2.05, 4.69) is 25.1 Å².